The van der Waals surface area contributed by atoms with Crippen molar-refractivity contribution in [2.75, 3.05) is 24.6 Å². The Morgan fingerprint density at radius 2 is 2.21 bits per heavy atom. The van der Waals surface area contributed by atoms with Crippen LogP contribution >= 0.6 is 0 Å². The van der Waals surface area contributed by atoms with Gasteiger partial charge in [0.05, 0.1) is 18.2 Å². The van der Waals surface area contributed by atoms with E-state index in [-0.39, 0.29) is 30.2 Å². The second kappa shape index (κ2) is 4.29. The Hall–Kier alpha value is -1.98. The van der Waals surface area contributed by atoms with Crippen molar-refractivity contribution in [3.63, 3.8) is 0 Å². The van der Waals surface area contributed by atoms with E-state index >= 15 is 0 Å². The van der Waals surface area contributed by atoms with E-state index in [1.807, 2.05) is 0 Å². The number of hydrogen-bond donors (Lipinski definition) is 0. The van der Waals surface area contributed by atoms with Gasteiger partial charge in [-0.25, -0.2) is 4.39 Å². The van der Waals surface area contributed by atoms with Gasteiger partial charge in [0.15, 0.2) is 17.3 Å². The van der Waals surface area contributed by atoms with Crippen molar-refractivity contribution in [1.29, 1.82) is 0 Å². The minimum atomic E-state index is -1.13. The van der Waals surface area contributed by atoms with Crippen LogP contribution in [0.3, 0.4) is 0 Å². The van der Waals surface area contributed by atoms with Gasteiger partial charge in [0.1, 0.15) is 6.29 Å². The summed E-state index contributed by atoms with van der Waals surface area (Å²) in [5, 5.41) is 0. The zero-order valence-electron chi connectivity index (χ0n) is 9.99. The number of nitrogens with zero attached hydrogens (tertiary/aromatic N) is 1. The molecule has 3 rings (SSSR count). The Bertz CT molecular complexity index is 573. The molecule has 2 aliphatic rings. The van der Waals surface area contributed by atoms with Crippen LogP contribution in [0.5, 0.6) is 5.75 Å². The smallest absolute Gasteiger partial charge is 0.202 e. The van der Waals surface area contributed by atoms with E-state index in [0.717, 1.165) is 6.07 Å². The van der Waals surface area contributed by atoms with Crippen molar-refractivity contribution in [1.82, 2.24) is 0 Å². The quantitative estimate of drug-likeness (QED) is 0.572. The number of ketones is 1. The molecule has 0 aliphatic carbocycles. The summed E-state index contributed by atoms with van der Waals surface area (Å²) in [6.07, 6.45) is 1.17. The number of anilines is 1. The zero-order chi connectivity index (χ0) is 13.6. The highest BCUT2D eigenvalue weighted by Gasteiger charge is 2.37. The van der Waals surface area contributed by atoms with Gasteiger partial charge in [0.25, 0.3) is 0 Å². The second-order valence-corrected chi connectivity index (χ2v) is 4.65. The molecule has 0 N–H and O–H groups in total. The van der Waals surface area contributed by atoms with E-state index in [2.05, 4.69) is 0 Å². The van der Waals surface area contributed by atoms with Crippen LogP contribution in [-0.2, 0) is 4.79 Å². The van der Waals surface area contributed by atoms with Crippen LogP contribution in [0.1, 0.15) is 16.8 Å². The molecule has 2 heterocycles. The van der Waals surface area contributed by atoms with Crippen molar-refractivity contribution in [3.8, 4) is 5.75 Å². The molecule has 0 aromatic heterocycles. The van der Waals surface area contributed by atoms with Gasteiger partial charge in [-0.15, -0.1) is 0 Å². The molecule has 1 aromatic rings. The lowest BCUT2D eigenvalue weighted by atomic mass is 9.91. The number of ether oxygens (including phenoxy) is 1. The highest BCUT2D eigenvalue weighted by molar-refractivity contribution is 6.11. The molecule has 2 aliphatic heterocycles. The summed E-state index contributed by atoms with van der Waals surface area (Å²) in [4.78, 5) is 24.7. The molecule has 1 aromatic carbocycles. The van der Waals surface area contributed by atoms with Crippen molar-refractivity contribution in [3.05, 3.63) is 23.3 Å². The van der Waals surface area contributed by atoms with Crippen LogP contribution in [0.4, 0.5) is 14.5 Å². The fourth-order valence-corrected chi connectivity index (χ4v) is 2.58. The Balaban J connectivity index is 2.26. The van der Waals surface area contributed by atoms with Crippen LogP contribution in [0, 0.1) is 17.6 Å². The first kappa shape index (κ1) is 12.1. The fourth-order valence-electron chi connectivity index (χ4n) is 2.58. The van der Waals surface area contributed by atoms with Gasteiger partial charge in [-0.2, -0.15) is 4.39 Å². The average molecular weight is 267 g/mol. The predicted octanol–water partition coefficient (Wildman–Crippen LogP) is 1.57. The lowest BCUT2D eigenvalue weighted by molar-refractivity contribution is -0.109. The summed E-state index contributed by atoms with van der Waals surface area (Å²) in [6, 6.07) is 0.855. The number of benzene rings is 1. The molecular formula is C13H11F2NO3. The summed E-state index contributed by atoms with van der Waals surface area (Å²) in [5.74, 6) is -3.74. The van der Waals surface area contributed by atoms with Gasteiger partial charge >= 0.3 is 0 Å². The van der Waals surface area contributed by atoms with Crippen molar-refractivity contribution in [2.45, 2.75) is 6.42 Å². The van der Waals surface area contributed by atoms with Gasteiger partial charge in [0.2, 0.25) is 5.82 Å². The van der Waals surface area contributed by atoms with E-state index in [1.54, 1.807) is 4.90 Å². The number of halogens is 2. The van der Waals surface area contributed by atoms with Crippen LogP contribution in [-0.4, -0.2) is 31.8 Å². The third-order valence-corrected chi connectivity index (χ3v) is 3.47. The minimum Gasteiger partial charge on any atom is -0.488 e. The lowest BCUT2D eigenvalue weighted by Gasteiger charge is -2.32. The molecule has 1 atom stereocenters. The maximum Gasteiger partial charge on any atom is 0.202 e. The number of hydrogen-bond acceptors (Lipinski definition) is 4. The van der Waals surface area contributed by atoms with E-state index in [0.29, 0.717) is 19.3 Å². The monoisotopic (exact) mass is 267 g/mol. The molecule has 100 valence electrons. The number of carbonyl (C=O) groups is 2. The first-order chi connectivity index (χ1) is 9.13. The fraction of sp³-hybridized carbons (Fsp3) is 0.385. The highest BCUT2D eigenvalue weighted by atomic mass is 19.2. The minimum absolute atomic E-state index is 0.0270. The Labute approximate surface area is 108 Å². The molecule has 0 fully saturated rings. The van der Waals surface area contributed by atoms with E-state index in [4.69, 9.17) is 4.74 Å². The Kier molecular flexibility index (Phi) is 2.73. The average Bonchev–Trinajstić information content (AvgIpc) is 2.62. The summed E-state index contributed by atoms with van der Waals surface area (Å²) < 4.78 is 32.5. The van der Waals surface area contributed by atoms with Gasteiger partial charge < -0.3 is 14.4 Å². The highest BCUT2D eigenvalue weighted by Crippen LogP contribution is 2.41. The van der Waals surface area contributed by atoms with Gasteiger partial charge in [-0.3, -0.25) is 4.79 Å². The molecule has 0 radical (unpaired) electrons. The first-order valence-corrected chi connectivity index (χ1v) is 6.02. The molecule has 0 amide bonds. The molecule has 1 unspecified atom stereocenters. The SMILES string of the molecule is O=CC1CN2CCCOc3c(F)c(F)cc(c32)C1=O. The number of carbonyl (C=O) groups excluding carboxylic acids is 2. The Morgan fingerprint density at radius 3 is 2.95 bits per heavy atom. The van der Waals surface area contributed by atoms with E-state index < -0.39 is 23.3 Å². The van der Waals surface area contributed by atoms with Crippen molar-refractivity contribution >= 4 is 17.8 Å². The summed E-state index contributed by atoms with van der Waals surface area (Å²) in [5.41, 5.74) is 0.304. The van der Waals surface area contributed by atoms with Crippen LogP contribution in [0.25, 0.3) is 0 Å². The molecule has 0 saturated heterocycles. The number of Topliss-reactive ketones (excluding diaryl/α,β-unsaturated/α-hetero) is 1. The molecule has 0 spiro atoms. The third-order valence-electron chi connectivity index (χ3n) is 3.47. The van der Waals surface area contributed by atoms with Crippen molar-refractivity contribution in [2.24, 2.45) is 5.92 Å². The number of aldehydes is 1. The summed E-state index contributed by atoms with van der Waals surface area (Å²) in [7, 11) is 0. The first-order valence-electron chi connectivity index (χ1n) is 6.02. The molecule has 6 heteroatoms. The van der Waals surface area contributed by atoms with Crippen LogP contribution in [0.15, 0.2) is 6.07 Å². The van der Waals surface area contributed by atoms with Crippen molar-refractivity contribution < 1.29 is 23.1 Å². The van der Waals surface area contributed by atoms with Gasteiger partial charge in [0, 0.05) is 18.7 Å². The topological polar surface area (TPSA) is 46.6 Å². The molecule has 4 nitrogen and oxygen atoms in total. The van der Waals surface area contributed by atoms with Gasteiger partial charge in [-0.05, 0) is 12.5 Å². The zero-order valence-corrected chi connectivity index (χ0v) is 9.99. The summed E-state index contributed by atoms with van der Waals surface area (Å²) >= 11 is 0. The summed E-state index contributed by atoms with van der Waals surface area (Å²) in [6.45, 7) is 0.989. The van der Waals surface area contributed by atoms with E-state index in [1.165, 1.54) is 0 Å². The standard InChI is InChI=1S/C13H11F2NO3/c14-9-4-8-11-13(10(9)15)19-3-1-2-16(11)5-7(6-17)12(8)18/h4,6-7H,1-3,5H2. The predicted molar refractivity (Wildman–Crippen MR) is 62.6 cm³/mol. The maximum absolute atomic E-state index is 13.8. The Morgan fingerprint density at radius 1 is 1.42 bits per heavy atom. The normalized spacial score (nSPS) is 21.5. The molecular weight excluding hydrogens is 256 g/mol. The molecule has 19 heavy (non-hydrogen) atoms. The van der Waals surface area contributed by atoms with Crippen LogP contribution in [0.2, 0.25) is 0 Å². The second-order valence-electron chi connectivity index (χ2n) is 4.65. The van der Waals surface area contributed by atoms with E-state index in [9.17, 15) is 18.4 Å². The lowest BCUT2D eigenvalue weighted by Crippen LogP contribution is -2.40. The third kappa shape index (κ3) is 1.70. The number of rotatable bonds is 1. The molecule has 0 bridgehead atoms. The maximum atomic E-state index is 13.8. The molecule has 0 saturated carbocycles. The van der Waals surface area contributed by atoms with Crippen LogP contribution < -0.4 is 9.64 Å². The largest absolute Gasteiger partial charge is 0.488 e. The van der Waals surface area contributed by atoms with Gasteiger partial charge in [-0.1, -0.05) is 0 Å².